The van der Waals surface area contributed by atoms with Crippen molar-refractivity contribution in [3.8, 4) is 0 Å². The fraction of sp³-hybridized carbons (Fsp3) is 0.167. The Morgan fingerprint density at radius 3 is 1.00 bits per heavy atom. The summed E-state index contributed by atoms with van der Waals surface area (Å²) in [6.45, 7) is 19.7. The predicted octanol–water partition coefficient (Wildman–Crippen LogP) is 3.98. The third kappa shape index (κ3) is 15.7. The Morgan fingerprint density at radius 2 is 0.806 bits per heavy atom. The maximum atomic E-state index is 11.7. The zero-order chi connectivity index (χ0) is 24.3. The molecular formula is C18H24O11P2. The molecule has 0 atom stereocenters. The molecule has 0 rings (SSSR count). The maximum Gasteiger partial charge on any atom is 0.654 e. The Labute approximate surface area is 180 Å². The summed E-state index contributed by atoms with van der Waals surface area (Å²) in [6, 6.07) is 0. The van der Waals surface area contributed by atoms with E-state index >= 15 is 0 Å². The Kier molecular flexibility index (Phi) is 16.6. The molecule has 0 heterocycles. The second-order valence-electron chi connectivity index (χ2n) is 4.49. The smallest absolute Gasteiger partial charge is 0.348 e. The first-order valence-electron chi connectivity index (χ1n) is 8.09. The molecule has 0 saturated heterocycles. The zero-order valence-corrected chi connectivity index (χ0v) is 18.5. The Balaban J connectivity index is 0. The van der Waals surface area contributed by atoms with Crippen LogP contribution in [0.1, 0.15) is 0 Å². The van der Waals surface area contributed by atoms with E-state index in [0.29, 0.717) is 18.2 Å². The minimum Gasteiger partial charge on any atom is -0.348 e. The molecule has 0 aliphatic heterocycles. The van der Waals surface area contributed by atoms with Crippen molar-refractivity contribution in [2.75, 3.05) is 19.8 Å². The van der Waals surface area contributed by atoms with Crippen molar-refractivity contribution >= 4 is 33.6 Å². The fourth-order valence-corrected chi connectivity index (χ4v) is 3.13. The molecule has 11 nitrogen and oxygen atoms in total. The van der Waals surface area contributed by atoms with Gasteiger partial charge >= 0.3 is 33.6 Å². The highest BCUT2D eigenvalue weighted by atomic mass is 31.2. The molecule has 0 aromatic carbocycles. The lowest BCUT2D eigenvalue weighted by Gasteiger charge is -2.15. The van der Waals surface area contributed by atoms with Gasteiger partial charge in [0.1, 0.15) is 0 Å². The van der Waals surface area contributed by atoms with Gasteiger partial charge in [0, 0.05) is 18.2 Å². The summed E-state index contributed by atoms with van der Waals surface area (Å²) in [4.78, 5) is 32.5. The number of carbonyl (C=O) groups excluding carboxylic acids is 3. The second kappa shape index (κ2) is 16.9. The van der Waals surface area contributed by atoms with Gasteiger partial charge < -0.3 is 13.6 Å². The first kappa shape index (κ1) is 30.4. The monoisotopic (exact) mass is 478 g/mol. The molecule has 0 N–H and O–H groups in total. The topological polar surface area (TPSA) is 141 Å². The lowest BCUT2D eigenvalue weighted by atomic mass is 10.7. The third-order valence-corrected chi connectivity index (χ3v) is 4.76. The molecule has 0 aliphatic rings. The fourth-order valence-electron chi connectivity index (χ4n) is 1.04. The molecule has 0 aromatic rings. The van der Waals surface area contributed by atoms with Crippen LogP contribution in [0.3, 0.4) is 0 Å². The minimum absolute atomic E-state index is 0.103. The molecule has 0 amide bonds. The molecule has 0 unspecified atom stereocenters. The van der Waals surface area contributed by atoms with Crippen molar-refractivity contribution in [2.24, 2.45) is 0 Å². The van der Waals surface area contributed by atoms with E-state index in [1.54, 1.807) is 0 Å². The van der Waals surface area contributed by atoms with Crippen LogP contribution >= 0.6 is 15.6 Å². The predicted molar refractivity (Wildman–Crippen MR) is 113 cm³/mol. The molecule has 0 aromatic heterocycles. The number of carbonyl (C=O) groups is 3. The molecule has 13 heteroatoms. The average Bonchev–Trinajstić information content (AvgIpc) is 2.74. The van der Waals surface area contributed by atoms with Gasteiger partial charge in [-0.1, -0.05) is 38.0 Å². The van der Waals surface area contributed by atoms with Crippen molar-refractivity contribution in [3.63, 3.8) is 0 Å². The van der Waals surface area contributed by atoms with Gasteiger partial charge in [0.05, 0.1) is 19.8 Å². The average molecular weight is 478 g/mol. The molecule has 0 bridgehead atoms. The summed E-state index contributed by atoms with van der Waals surface area (Å²) in [5, 5.41) is 0. The molecule has 0 fully saturated rings. The van der Waals surface area contributed by atoms with E-state index in [0.717, 1.165) is 0 Å². The van der Waals surface area contributed by atoms with E-state index in [9.17, 15) is 23.5 Å². The third-order valence-electron chi connectivity index (χ3n) is 2.16. The van der Waals surface area contributed by atoms with Gasteiger partial charge in [0.15, 0.2) is 0 Å². The van der Waals surface area contributed by atoms with Crippen molar-refractivity contribution in [2.45, 2.75) is 0 Å². The maximum absolute atomic E-state index is 11.7. The van der Waals surface area contributed by atoms with Gasteiger partial charge in [-0.15, -0.1) is 19.7 Å². The van der Waals surface area contributed by atoms with E-state index in [-0.39, 0.29) is 19.8 Å². The van der Waals surface area contributed by atoms with Crippen LogP contribution in [0.5, 0.6) is 0 Å². The van der Waals surface area contributed by atoms with Crippen LogP contribution in [0.25, 0.3) is 0 Å². The van der Waals surface area contributed by atoms with Gasteiger partial charge in [-0.25, -0.2) is 18.9 Å². The van der Waals surface area contributed by atoms with Crippen LogP contribution in [0.15, 0.2) is 75.9 Å². The Hall–Kier alpha value is -2.81. The largest absolute Gasteiger partial charge is 0.654 e. The number of phosphoric acid groups is 2. The summed E-state index contributed by atoms with van der Waals surface area (Å²) < 4.78 is 50.4. The number of hydrogen-bond donors (Lipinski definition) is 0. The van der Waals surface area contributed by atoms with E-state index in [1.165, 1.54) is 18.2 Å². The van der Waals surface area contributed by atoms with Crippen LogP contribution in [-0.2, 0) is 50.7 Å². The standard InChI is InChI=1S/C9H9O7P.C9H15O4P/c1-4-7(10)14-17(13,15-8(11)5-2)16-9(12)6-3;1-4-7-11-14(10,12-8-5-2)13-9-6-3/h4-6H,1-3H2;4-6H,1-3,7-9H2. The zero-order valence-electron chi connectivity index (χ0n) is 16.7. The van der Waals surface area contributed by atoms with Crippen LogP contribution in [0, 0.1) is 0 Å². The van der Waals surface area contributed by atoms with Gasteiger partial charge in [-0.2, -0.15) is 4.57 Å². The lowest BCUT2D eigenvalue weighted by molar-refractivity contribution is -0.138. The lowest BCUT2D eigenvalue weighted by Crippen LogP contribution is -2.10. The van der Waals surface area contributed by atoms with Gasteiger partial charge in [-0.05, 0) is 0 Å². The summed E-state index contributed by atoms with van der Waals surface area (Å²) >= 11 is 0. The summed E-state index contributed by atoms with van der Waals surface area (Å²) in [5.41, 5.74) is 0. The first-order chi connectivity index (χ1) is 14.5. The number of rotatable bonds is 15. The van der Waals surface area contributed by atoms with Crippen LogP contribution in [-0.4, -0.2) is 37.7 Å². The van der Waals surface area contributed by atoms with Crippen molar-refractivity contribution in [3.05, 3.63) is 75.9 Å². The van der Waals surface area contributed by atoms with Gasteiger partial charge in [0.25, 0.3) is 0 Å². The van der Waals surface area contributed by atoms with Crippen molar-refractivity contribution < 1.29 is 50.7 Å². The van der Waals surface area contributed by atoms with Crippen LogP contribution in [0.4, 0.5) is 0 Å². The van der Waals surface area contributed by atoms with Crippen molar-refractivity contribution in [1.29, 1.82) is 0 Å². The van der Waals surface area contributed by atoms with E-state index in [1.807, 2.05) is 0 Å². The molecule has 31 heavy (non-hydrogen) atoms. The highest BCUT2D eigenvalue weighted by Gasteiger charge is 2.37. The van der Waals surface area contributed by atoms with Crippen LogP contribution < -0.4 is 0 Å². The Bertz CT molecular complexity index is 686. The highest BCUT2D eigenvalue weighted by Crippen LogP contribution is 2.50. The van der Waals surface area contributed by atoms with E-state index in [4.69, 9.17) is 13.6 Å². The minimum atomic E-state index is -4.70. The molecule has 0 spiro atoms. The van der Waals surface area contributed by atoms with Crippen molar-refractivity contribution in [1.82, 2.24) is 0 Å². The molecule has 0 radical (unpaired) electrons. The summed E-state index contributed by atoms with van der Waals surface area (Å²) in [7, 11) is -8.18. The molecule has 172 valence electrons. The summed E-state index contributed by atoms with van der Waals surface area (Å²) in [6.07, 6.45) is 6.33. The summed E-state index contributed by atoms with van der Waals surface area (Å²) in [5.74, 6) is -3.58. The Morgan fingerprint density at radius 1 is 0.548 bits per heavy atom. The molecule has 0 saturated carbocycles. The quantitative estimate of drug-likeness (QED) is 0.192. The van der Waals surface area contributed by atoms with E-state index < -0.39 is 33.6 Å². The molecular weight excluding hydrogens is 454 g/mol. The number of phosphoric ester groups is 2. The number of hydrogen-bond acceptors (Lipinski definition) is 11. The van der Waals surface area contributed by atoms with Gasteiger partial charge in [-0.3, -0.25) is 13.6 Å². The first-order valence-corrected chi connectivity index (χ1v) is 11.0. The van der Waals surface area contributed by atoms with Crippen LogP contribution in [0.2, 0.25) is 0 Å². The second-order valence-corrected chi connectivity index (χ2v) is 7.60. The normalized spacial score (nSPS) is 10.2. The molecule has 0 aliphatic carbocycles. The van der Waals surface area contributed by atoms with Gasteiger partial charge in [0.2, 0.25) is 0 Å². The highest BCUT2D eigenvalue weighted by molar-refractivity contribution is 7.50. The SMILES string of the molecule is C=CC(=O)OP(=O)(OC(=O)C=C)OC(=O)C=C.C=CCOP(=O)(OCC=C)OCC=C. The van der Waals surface area contributed by atoms with E-state index in [2.05, 4.69) is 53.0 Å².